The number of halogens is 2. The Labute approximate surface area is 145 Å². The predicted octanol–water partition coefficient (Wildman–Crippen LogP) is 2.66. The van der Waals surface area contributed by atoms with E-state index >= 15 is 0 Å². The van der Waals surface area contributed by atoms with E-state index in [1.165, 1.54) is 6.20 Å². The molecule has 1 amide bonds. The van der Waals surface area contributed by atoms with Gasteiger partial charge in [-0.3, -0.25) is 4.79 Å². The highest BCUT2D eigenvalue weighted by Gasteiger charge is 2.41. The van der Waals surface area contributed by atoms with E-state index in [2.05, 4.69) is 27.5 Å². The molecule has 2 N–H and O–H groups in total. The van der Waals surface area contributed by atoms with Gasteiger partial charge in [0, 0.05) is 31.2 Å². The van der Waals surface area contributed by atoms with E-state index in [9.17, 15) is 4.79 Å². The minimum absolute atomic E-state index is 0.107. The van der Waals surface area contributed by atoms with Gasteiger partial charge in [-0.15, -0.1) is 0 Å². The van der Waals surface area contributed by atoms with Gasteiger partial charge < -0.3 is 15.4 Å². The molecule has 1 unspecified atom stereocenters. The topological polar surface area (TPSA) is 76.1 Å². The van der Waals surface area contributed by atoms with Crippen molar-refractivity contribution in [1.82, 2.24) is 15.3 Å². The summed E-state index contributed by atoms with van der Waals surface area (Å²) in [4.78, 5) is 20.0. The van der Waals surface area contributed by atoms with E-state index in [0.29, 0.717) is 29.8 Å². The van der Waals surface area contributed by atoms with Crippen LogP contribution < -0.4 is 10.6 Å². The third-order valence-electron chi connectivity index (χ3n) is 4.39. The number of carbonyl (C=O) groups excluding carboxylic acids is 1. The number of hydrogen-bond acceptors (Lipinski definition) is 5. The molecule has 0 aromatic carbocycles. The number of nitrogens with zero attached hydrogens (tertiary/aromatic N) is 2. The average Bonchev–Trinajstić information content (AvgIpc) is 2.94. The summed E-state index contributed by atoms with van der Waals surface area (Å²) in [6.07, 6.45) is 4.64. The molecule has 8 heteroatoms. The van der Waals surface area contributed by atoms with Crippen LogP contribution in [0.2, 0.25) is 10.3 Å². The van der Waals surface area contributed by atoms with Crippen LogP contribution in [-0.4, -0.2) is 40.7 Å². The molecule has 2 aliphatic rings. The number of hydrogen-bond donors (Lipinski definition) is 2. The highest BCUT2D eigenvalue weighted by Crippen LogP contribution is 2.36. The Hall–Kier alpha value is -1.11. The molecule has 3 rings (SSSR count). The number of anilines is 1. The van der Waals surface area contributed by atoms with Gasteiger partial charge in [-0.1, -0.05) is 11.6 Å². The highest BCUT2D eigenvalue weighted by atomic mass is 35.5. The molecule has 0 spiro atoms. The smallest absolute Gasteiger partial charge is 0.224 e. The number of nitrogens with one attached hydrogen (secondary N) is 2. The zero-order valence-electron chi connectivity index (χ0n) is 12.9. The van der Waals surface area contributed by atoms with Gasteiger partial charge >= 0.3 is 0 Å². The minimum Gasteiger partial charge on any atom is -0.381 e. The van der Waals surface area contributed by atoms with Crippen LogP contribution in [0.5, 0.6) is 0 Å². The van der Waals surface area contributed by atoms with E-state index in [-0.39, 0.29) is 22.8 Å². The van der Waals surface area contributed by atoms with Crippen LogP contribution in [-0.2, 0) is 9.53 Å². The van der Waals surface area contributed by atoms with Gasteiger partial charge in [0.2, 0.25) is 11.2 Å². The summed E-state index contributed by atoms with van der Waals surface area (Å²) in [7, 11) is 0. The standard InChI is InChI=1S/C15H20Cl2N4O2/c1-15(21-13-11(16)7-18-14(17)20-13)5-10(6-15)19-12(22)4-9-2-3-23-8-9/h7,9-10H,2-6,8H2,1H3,(H,19,22)(H,18,20,21). The molecule has 0 radical (unpaired) electrons. The Kier molecular flexibility index (Phi) is 4.94. The second-order valence-electron chi connectivity index (χ2n) is 6.63. The zero-order valence-corrected chi connectivity index (χ0v) is 14.5. The number of amides is 1. The molecule has 1 aliphatic heterocycles. The van der Waals surface area contributed by atoms with Crippen LogP contribution in [0.25, 0.3) is 0 Å². The molecule has 1 aromatic heterocycles. The SMILES string of the molecule is CC1(Nc2nc(Cl)ncc2Cl)CC(NC(=O)CC2CCOC2)C1. The van der Waals surface area contributed by atoms with Crippen molar-refractivity contribution in [3.8, 4) is 0 Å². The lowest BCUT2D eigenvalue weighted by atomic mass is 9.74. The normalized spacial score (nSPS) is 29.9. The molecule has 1 aromatic rings. The summed E-state index contributed by atoms with van der Waals surface area (Å²) in [5, 5.41) is 6.98. The van der Waals surface area contributed by atoms with Gasteiger partial charge in [-0.05, 0) is 43.7 Å². The molecule has 1 saturated carbocycles. The molecule has 126 valence electrons. The van der Waals surface area contributed by atoms with Crippen LogP contribution in [0, 0.1) is 5.92 Å². The van der Waals surface area contributed by atoms with Gasteiger partial charge in [0.05, 0.1) is 6.20 Å². The fourth-order valence-electron chi connectivity index (χ4n) is 3.24. The summed E-state index contributed by atoms with van der Waals surface area (Å²) in [6, 6.07) is 0.179. The van der Waals surface area contributed by atoms with Gasteiger partial charge in [0.25, 0.3) is 0 Å². The van der Waals surface area contributed by atoms with Crippen molar-refractivity contribution in [1.29, 1.82) is 0 Å². The number of aromatic nitrogens is 2. The second kappa shape index (κ2) is 6.79. The number of rotatable bonds is 5. The third-order valence-corrected chi connectivity index (χ3v) is 4.85. The first-order valence-corrected chi connectivity index (χ1v) is 8.52. The van der Waals surface area contributed by atoms with E-state index < -0.39 is 0 Å². The van der Waals surface area contributed by atoms with E-state index in [0.717, 1.165) is 25.9 Å². The Morgan fingerprint density at radius 3 is 2.96 bits per heavy atom. The third kappa shape index (κ3) is 4.25. The number of ether oxygens (including phenoxy) is 1. The molecule has 2 heterocycles. The summed E-state index contributed by atoms with van der Waals surface area (Å²) in [5.74, 6) is 0.999. The molecule has 1 atom stereocenters. The van der Waals surface area contributed by atoms with Crippen molar-refractivity contribution >= 4 is 34.9 Å². The lowest BCUT2D eigenvalue weighted by Gasteiger charge is -2.46. The largest absolute Gasteiger partial charge is 0.381 e. The van der Waals surface area contributed by atoms with Crippen LogP contribution in [0.1, 0.15) is 32.6 Å². The summed E-state index contributed by atoms with van der Waals surface area (Å²) in [6.45, 7) is 3.54. The number of carbonyl (C=O) groups is 1. The van der Waals surface area contributed by atoms with Crippen LogP contribution in [0.15, 0.2) is 6.20 Å². The summed E-state index contributed by atoms with van der Waals surface area (Å²) < 4.78 is 5.30. The summed E-state index contributed by atoms with van der Waals surface area (Å²) >= 11 is 11.9. The Morgan fingerprint density at radius 1 is 1.48 bits per heavy atom. The zero-order chi connectivity index (χ0) is 16.4. The van der Waals surface area contributed by atoms with Crippen molar-refractivity contribution < 1.29 is 9.53 Å². The molecule has 1 aliphatic carbocycles. The second-order valence-corrected chi connectivity index (χ2v) is 7.37. The quantitative estimate of drug-likeness (QED) is 0.791. The fraction of sp³-hybridized carbons (Fsp3) is 0.667. The molecule has 1 saturated heterocycles. The van der Waals surface area contributed by atoms with Gasteiger partial charge in [0.1, 0.15) is 10.8 Å². The molecular formula is C15H20Cl2N4O2. The van der Waals surface area contributed by atoms with Gasteiger partial charge in [-0.25, -0.2) is 4.98 Å². The van der Waals surface area contributed by atoms with Crippen molar-refractivity contribution in [2.24, 2.45) is 5.92 Å². The average molecular weight is 359 g/mol. The van der Waals surface area contributed by atoms with Gasteiger partial charge in [0.15, 0.2) is 0 Å². The molecular weight excluding hydrogens is 339 g/mol. The lowest BCUT2D eigenvalue weighted by Crippen LogP contribution is -2.57. The highest BCUT2D eigenvalue weighted by molar-refractivity contribution is 6.33. The Morgan fingerprint density at radius 2 is 2.26 bits per heavy atom. The Balaban J connectivity index is 1.47. The predicted molar refractivity (Wildman–Crippen MR) is 88.8 cm³/mol. The van der Waals surface area contributed by atoms with Crippen molar-refractivity contribution in [3.63, 3.8) is 0 Å². The van der Waals surface area contributed by atoms with E-state index in [4.69, 9.17) is 27.9 Å². The van der Waals surface area contributed by atoms with Crippen LogP contribution >= 0.6 is 23.2 Å². The molecule has 23 heavy (non-hydrogen) atoms. The monoisotopic (exact) mass is 358 g/mol. The van der Waals surface area contributed by atoms with E-state index in [1.54, 1.807) is 0 Å². The molecule has 0 bridgehead atoms. The van der Waals surface area contributed by atoms with Gasteiger partial charge in [-0.2, -0.15) is 4.98 Å². The Bertz CT molecular complexity index is 587. The first-order chi connectivity index (χ1) is 10.9. The fourth-order valence-corrected chi connectivity index (χ4v) is 3.52. The van der Waals surface area contributed by atoms with Crippen molar-refractivity contribution in [2.45, 2.75) is 44.2 Å². The lowest BCUT2D eigenvalue weighted by molar-refractivity contribution is -0.123. The van der Waals surface area contributed by atoms with E-state index in [1.807, 2.05) is 0 Å². The van der Waals surface area contributed by atoms with Crippen molar-refractivity contribution in [2.75, 3.05) is 18.5 Å². The first-order valence-electron chi connectivity index (χ1n) is 7.77. The molecule has 6 nitrogen and oxygen atoms in total. The maximum atomic E-state index is 12.0. The van der Waals surface area contributed by atoms with Crippen molar-refractivity contribution in [3.05, 3.63) is 16.5 Å². The first kappa shape index (κ1) is 16.7. The molecule has 2 fully saturated rings. The maximum absolute atomic E-state index is 12.0. The minimum atomic E-state index is -0.157. The van der Waals surface area contributed by atoms with Crippen LogP contribution in [0.4, 0.5) is 5.82 Å². The maximum Gasteiger partial charge on any atom is 0.224 e. The summed E-state index contributed by atoms with van der Waals surface area (Å²) in [5.41, 5.74) is -0.157. The van der Waals surface area contributed by atoms with Crippen LogP contribution in [0.3, 0.4) is 0 Å².